The molecule has 3 rings (SSSR count). The number of rotatable bonds is 8. The molecule has 28 heavy (non-hydrogen) atoms. The number of benzene rings is 2. The summed E-state index contributed by atoms with van der Waals surface area (Å²) in [4.78, 5) is 14.0. The number of carbonyl (C=O) groups is 1. The summed E-state index contributed by atoms with van der Waals surface area (Å²) in [7, 11) is 3.44. The zero-order valence-electron chi connectivity index (χ0n) is 16.5. The topological polar surface area (TPSA) is 60.0 Å². The van der Waals surface area contributed by atoms with Crippen LogP contribution >= 0.6 is 0 Å². The van der Waals surface area contributed by atoms with E-state index in [9.17, 15) is 4.79 Å². The fourth-order valence-corrected chi connectivity index (χ4v) is 3.13. The number of anilines is 1. The van der Waals surface area contributed by atoms with Crippen LogP contribution in [0.25, 0.3) is 0 Å². The second-order valence-electron chi connectivity index (χ2n) is 6.93. The smallest absolute Gasteiger partial charge is 0.321 e. The van der Waals surface area contributed by atoms with Gasteiger partial charge in [-0.15, -0.1) is 0 Å². The number of urea groups is 1. The van der Waals surface area contributed by atoms with E-state index in [0.29, 0.717) is 18.4 Å². The number of hydrogen-bond acceptors (Lipinski definition) is 4. The Bertz CT molecular complexity index is 740. The van der Waals surface area contributed by atoms with Crippen molar-refractivity contribution < 1.29 is 19.0 Å². The first-order valence-corrected chi connectivity index (χ1v) is 9.70. The molecule has 2 aromatic rings. The Morgan fingerprint density at radius 3 is 2.36 bits per heavy atom. The van der Waals surface area contributed by atoms with Crippen molar-refractivity contribution in [1.29, 1.82) is 0 Å². The highest BCUT2D eigenvalue weighted by Crippen LogP contribution is 2.25. The quantitative estimate of drug-likeness (QED) is 0.702. The summed E-state index contributed by atoms with van der Waals surface area (Å²) in [5.74, 6) is 2.21. The van der Waals surface area contributed by atoms with Crippen molar-refractivity contribution in [3.63, 3.8) is 0 Å². The van der Waals surface area contributed by atoms with Gasteiger partial charge in [0.2, 0.25) is 0 Å². The van der Waals surface area contributed by atoms with Gasteiger partial charge >= 0.3 is 6.03 Å². The number of amides is 2. The molecule has 6 nitrogen and oxygen atoms in total. The first kappa shape index (κ1) is 20.0. The van der Waals surface area contributed by atoms with E-state index in [1.165, 1.54) is 0 Å². The number of nitrogens with zero attached hydrogens (tertiary/aromatic N) is 1. The lowest BCUT2D eigenvalue weighted by molar-refractivity contribution is 0.101. The minimum atomic E-state index is -0.115. The molecule has 2 amide bonds. The summed E-state index contributed by atoms with van der Waals surface area (Å²) >= 11 is 0. The Kier molecular flexibility index (Phi) is 7.14. The maximum absolute atomic E-state index is 12.3. The van der Waals surface area contributed by atoms with Gasteiger partial charge in [0.05, 0.1) is 13.2 Å². The Morgan fingerprint density at radius 1 is 1.11 bits per heavy atom. The van der Waals surface area contributed by atoms with Gasteiger partial charge in [-0.25, -0.2) is 4.79 Å². The molecule has 0 unspecified atom stereocenters. The lowest BCUT2D eigenvalue weighted by Crippen LogP contribution is -2.32. The summed E-state index contributed by atoms with van der Waals surface area (Å²) < 4.78 is 16.6. The van der Waals surface area contributed by atoms with Crippen LogP contribution in [0.2, 0.25) is 0 Å². The number of nitrogens with one attached hydrogen (secondary N) is 1. The largest absolute Gasteiger partial charge is 0.497 e. The van der Waals surface area contributed by atoms with Crippen LogP contribution in [-0.2, 0) is 4.74 Å². The summed E-state index contributed by atoms with van der Waals surface area (Å²) in [6.07, 6.45) is 4.62. The standard InChI is InChI=1S/C22H28N2O4/c1-24(15-3-5-19-6-4-16-27-19)22(25)23-17-7-9-20(10-8-17)28-21-13-11-18(26-2)12-14-21/h7-14,19H,3-6,15-16H2,1-2H3,(H,23,25)/t19-/m0/s1. The Hall–Kier alpha value is -2.73. The van der Waals surface area contributed by atoms with E-state index >= 15 is 0 Å². The molecule has 0 aliphatic carbocycles. The van der Waals surface area contributed by atoms with Crippen molar-refractivity contribution in [2.75, 3.05) is 32.6 Å². The molecule has 0 spiro atoms. The van der Waals surface area contributed by atoms with Gasteiger partial charge in [0.15, 0.2) is 0 Å². The number of hydrogen-bond donors (Lipinski definition) is 1. The van der Waals surface area contributed by atoms with Gasteiger partial charge in [-0.1, -0.05) is 0 Å². The van der Waals surface area contributed by atoms with Gasteiger partial charge in [-0.3, -0.25) is 0 Å². The molecule has 1 N–H and O–H groups in total. The molecule has 6 heteroatoms. The second kappa shape index (κ2) is 9.99. The van der Waals surface area contributed by atoms with Crippen molar-refractivity contribution in [3.05, 3.63) is 48.5 Å². The molecule has 1 aliphatic rings. The van der Waals surface area contributed by atoms with Gasteiger partial charge in [0.1, 0.15) is 17.2 Å². The number of methoxy groups -OCH3 is 1. The van der Waals surface area contributed by atoms with E-state index in [1.807, 2.05) is 55.6 Å². The van der Waals surface area contributed by atoms with E-state index < -0.39 is 0 Å². The first-order chi connectivity index (χ1) is 13.6. The van der Waals surface area contributed by atoms with Gasteiger partial charge in [0, 0.05) is 25.9 Å². The lowest BCUT2D eigenvalue weighted by atomic mass is 10.1. The molecule has 1 saturated heterocycles. The molecule has 0 radical (unpaired) electrons. The third-order valence-electron chi connectivity index (χ3n) is 4.79. The number of carbonyl (C=O) groups excluding carboxylic acids is 1. The molecule has 0 aromatic heterocycles. The van der Waals surface area contributed by atoms with Crippen LogP contribution in [-0.4, -0.2) is 44.3 Å². The van der Waals surface area contributed by atoms with E-state index in [1.54, 1.807) is 12.0 Å². The minimum absolute atomic E-state index is 0.115. The van der Waals surface area contributed by atoms with Gasteiger partial charge < -0.3 is 24.4 Å². The van der Waals surface area contributed by atoms with E-state index in [4.69, 9.17) is 14.2 Å². The van der Waals surface area contributed by atoms with Gasteiger partial charge in [-0.2, -0.15) is 0 Å². The van der Waals surface area contributed by atoms with E-state index in [2.05, 4.69) is 5.32 Å². The van der Waals surface area contributed by atoms with Crippen LogP contribution < -0.4 is 14.8 Å². The van der Waals surface area contributed by atoms with Crippen LogP contribution in [0.15, 0.2) is 48.5 Å². The average molecular weight is 384 g/mol. The minimum Gasteiger partial charge on any atom is -0.497 e. The summed E-state index contributed by atoms with van der Waals surface area (Å²) in [6.45, 7) is 1.59. The molecule has 1 atom stereocenters. The van der Waals surface area contributed by atoms with E-state index in [0.717, 1.165) is 49.5 Å². The summed E-state index contributed by atoms with van der Waals surface area (Å²) in [6, 6.07) is 14.6. The highest BCUT2D eigenvalue weighted by atomic mass is 16.5. The zero-order valence-corrected chi connectivity index (χ0v) is 16.5. The second-order valence-corrected chi connectivity index (χ2v) is 6.93. The fourth-order valence-electron chi connectivity index (χ4n) is 3.13. The molecule has 150 valence electrons. The lowest BCUT2D eigenvalue weighted by Gasteiger charge is -2.19. The highest BCUT2D eigenvalue weighted by Gasteiger charge is 2.16. The molecule has 0 saturated carbocycles. The van der Waals surface area contributed by atoms with Crippen LogP contribution in [0.3, 0.4) is 0 Å². The fraction of sp³-hybridized carbons (Fsp3) is 0.409. The van der Waals surface area contributed by atoms with Gasteiger partial charge in [-0.05, 0) is 74.2 Å². The molecular weight excluding hydrogens is 356 g/mol. The maximum atomic E-state index is 12.3. The predicted octanol–water partition coefficient (Wildman–Crippen LogP) is 4.91. The third kappa shape index (κ3) is 5.89. The van der Waals surface area contributed by atoms with Crippen molar-refractivity contribution >= 4 is 11.7 Å². The van der Waals surface area contributed by atoms with Crippen molar-refractivity contribution in [3.8, 4) is 17.2 Å². The average Bonchev–Trinajstić information content (AvgIpc) is 3.23. The van der Waals surface area contributed by atoms with Crippen molar-refractivity contribution in [2.45, 2.75) is 31.8 Å². The maximum Gasteiger partial charge on any atom is 0.321 e. The monoisotopic (exact) mass is 384 g/mol. The van der Waals surface area contributed by atoms with Crippen LogP contribution in [0, 0.1) is 0 Å². The molecule has 1 aliphatic heterocycles. The Labute approximate surface area is 166 Å². The summed E-state index contributed by atoms with van der Waals surface area (Å²) in [5.41, 5.74) is 0.734. The highest BCUT2D eigenvalue weighted by molar-refractivity contribution is 5.89. The normalized spacial score (nSPS) is 15.9. The predicted molar refractivity (Wildman–Crippen MR) is 109 cm³/mol. The van der Waals surface area contributed by atoms with Crippen molar-refractivity contribution in [2.24, 2.45) is 0 Å². The molecule has 1 fully saturated rings. The molecule has 2 aromatic carbocycles. The SMILES string of the molecule is COc1ccc(Oc2ccc(NC(=O)N(C)CCC[C@H]3CCCO3)cc2)cc1. The Balaban J connectivity index is 1.43. The van der Waals surface area contributed by atoms with Crippen molar-refractivity contribution in [1.82, 2.24) is 4.90 Å². The molecule has 0 bridgehead atoms. The van der Waals surface area contributed by atoms with E-state index in [-0.39, 0.29) is 6.03 Å². The van der Waals surface area contributed by atoms with Crippen LogP contribution in [0.4, 0.5) is 10.5 Å². The zero-order chi connectivity index (χ0) is 19.8. The number of ether oxygens (including phenoxy) is 3. The summed E-state index contributed by atoms with van der Waals surface area (Å²) in [5, 5.41) is 2.91. The third-order valence-corrected chi connectivity index (χ3v) is 4.79. The molecular formula is C22H28N2O4. The Morgan fingerprint density at radius 2 is 1.75 bits per heavy atom. The molecule has 1 heterocycles. The van der Waals surface area contributed by atoms with Crippen LogP contribution in [0.1, 0.15) is 25.7 Å². The van der Waals surface area contributed by atoms with Gasteiger partial charge in [0.25, 0.3) is 0 Å². The first-order valence-electron chi connectivity index (χ1n) is 9.70. The van der Waals surface area contributed by atoms with Crippen LogP contribution in [0.5, 0.6) is 17.2 Å².